The lowest BCUT2D eigenvalue weighted by Gasteiger charge is -2.19. The molecule has 0 atom stereocenters. The summed E-state index contributed by atoms with van der Waals surface area (Å²) in [6.45, 7) is 6.28. The summed E-state index contributed by atoms with van der Waals surface area (Å²) < 4.78 is 0. The molecule has 3 N–H and O–H groups in total. The van der Waals surface area contributed by atoms with Gasteiger partial charge in [0.25, 0.3) is 5.91 Å². The third kappa shape index (κ3) is 7.63. The molecule has 2 aromatic rings. The van der Waals surface area contributed by atoms with Crippen LogP contribution >= 0.6 is 15.9 Å². The molecule has 0 aromatic heterocycles. The molecular formula is C23H28BrN3O3. The summed E-state index contributed by atoms with van der Waals surface area (Å²) >= 11 is 3.34. The monoisotopic (exact) mass is 473 g/mol. The van der Waals surface area contributed by atoms with Gasteiger partial charge in [-0.15, -0.1) is 0 Å². The Morgan fingerprint density at radius 1 is 0.833 bits per heavy atom. The number of alkyl halides is 1. The molecular weight excluding hydrogens is 446 g/mol. The van der Waals surface area contributed by atoms with Crippen LogP contribution < -0.4 is 16.0 Å². The SMILES string of the molecule is CC(C)(C)c1ccc(C(=O)NC(=O)Nc2ccc(NC(=O)CCCCBr)cc2)cc1. The Bertz CT molecular complexity index is 872. The molecule has 0 saturated heterocycles. The summed E-state index contributed by atoms with van der Waals surface area (Å²) in [7, 11) is 0. The second-order valence-electron chi connectivity index (χ2n) is 8.01. The maximum absolute atomic E-state index is 12.3. The van der Waals surface area contributed by atoms with E-state index in [4.69, 9.17) is 0 Å². The fraction of sp³-hybridized carbons (Fsp3) is 0.348. The van der Waals surface area contributed by atoms with Crippen LogP contribution in [0, 0.1) is 0 Å². The van der Waals surface area contributed by atoms with Crippen LogP contribution in [0.1, 0.15) is 56.0 Å². The molecule has 0 fully saturated rings. The lowest BCUT2D eigenvalue weighted by Crippen LogP contribution is -2.34. The fourth-order valence-corrected chi connectivity index (χ4v) is 3.10. The second kappa shape index (κ2) is 10.9. The van der Waals surface area contributed by atoms with E-state index in [9.17, 15) is 14.4 Å². The van der Waals surface area contributed by atoms with Crippen LogP contribution in [0.15, 0.2) is 48.5 Å². The van der Waals surface area contributed by atoms with Crippen molar-refractivity contribution in [1.29, 1.82) is 0 Å². The molecule has 0 aliphatic carbocycles. The van der Waals surface area contributed by atoms with Crippen molar-refractivity contribution in [2.75, 3.05) is 16.0 Å². The highest BCUT2D eigenvalue weighted by Crippen LogP contribution is 2.22. The first-order valence-electron chi connectivity index (χ1n) is 9.88. The van der Waals surface area contributed by atoms with Gasteiger partial charge in [0.15, 0.2) is 0 Å². The van der Waals surface area contributed by atoms with Crippen molar-refractivity contribution in [3.8, 4) is 0 Å². The van der Waals surface area contributed by atoms with Gasteiger partial charge in [0.1, 0.15) is 0 Å². The van der Waals surface area contributed by atoms with E-state index in [0.29, 0.717) is 23.4 Å². The van der Waals surface area contributed by atoms with E-state index in [-0.39, 0.29) is 11.3 Å². The highest BCUT2D eigenvalue weighted by atomic mass is 79.9. The van der Waals surface area contributed by atoms with Crippen LogP contribution in [0.2, 0.25) is 0 Å². The molecule has 0 aliphatic heterocycles. The molecule has 0 saturated carbocycles. The molecule has 2 aromatic carbocycles. The van der Waals surface area contributed by atoms with Gasteiger partial charge in [-0.25, -0.2) is 4.79 Å². The predicted molar refractivity (Wildman–Crippen MR) is 124 cm³/mol. The zero-order valence-corrected chi connectivity index (χ0v) is 19.1. The molecule has 2 rings (SSSR count). The smallest absolute Gasteiger partial charge is 0.326 e. The van der Waals surface area contributed by atoms with Gasteiger partial charge in [-0.2, -0.15) is 0 Å². The molecule has 7 heteroatoms. The summed E-state index contributed by atoms with van der Waals surface area (Å²) in [4.78, 5) is 36.2. The predicted octanol–water partition coefficient (Wildman–Crippen LogP) is 5.45. The lowest BCUT2D eigenvalue weighted by molar-refractivity contribution is -0.116. The summed E-state index contributed by atoms with van der Waals surface area (Å²) in [5, 5.41) is 8.62. The van der Waals surface area contributed by atoms with Crippen molar-refractivity contribution in [3.05, 3.63) is 59.7 Å². The van der Waals surface area contributed by atoms with Crippen molar-refractivity contribution in [1.82, 2.24) is 5.32 Å². The van der Waals surface area contributed by atoms with E-state index >= 15 is 0 Å². The highest BCUT2D eigenvalue weighted by Gasteiger charge is 2.15. The van der Waals surface area contributed by atoms with Crippen molar-refractivity contribution < 1.29 is 14.4 Å². The molecule has 0 spiro atoms. The number of unbranched alkanes of at least 4 members (excludes halogenated alkanes) is 1. The van der Waals surface area contributed by atoms with E-state index in [1.807, 2.05) is 12.1 Å². The highest BCUT2D eigenvalue weighted by molar-refractivity contribution is 9.09. The van der Waals surface area contributed by atoms with Gasteiger partial charge in [-0.3, -0.25) is 14.9 Å². The van der Waals surface area contributed by atoms with Crippen LogP contribution in [0.4, 0.5) is 16.2 Å². The third-order valence-electron chi connectivity index (χ3n) is 4.45. The summed E-state index contributed by atoms with van der Waals surface area (Å²) in [5.41, 5.74) is 2.68. The Hall–Kier alpha value is -2.67. The molecule has 0 radical (unpaired) electrons. The maximum Gasteiger partial charge on any atom is 0.326 e. The third-order valence-corrected chi connectivity index (χ3v) is 5.01. The normalized spacial score (nSPS) is 10.9. The number of anilines is 2. The molecule has 0 heterocycles. The Labute approximate surface area is 186 Å². The van der Waals surface area contributed by atoms with Gasteiger partial charge in [-0.05, 0) is 60.2 Å². The Kier molecular flexibility index (Phi) is 8.59. The van der Waals surface area contributed by atoms with Crippen molar-refractivity contribution in [2.45, 2.75) is 45.4 Å². The van der Waals surface area contributed by atoms with Gasteiger partial charge >= 0.3 is 6.03 Å². The van der Waals surface area contributed by atoms with Crippen LogP contribution in [0.25, 0.3) is 0 Å². The summed E-state index contributed by atoms with van der Waals surface area (Å²) in [5.74, 6) is -0.516. The van der Waals surface area contributed by atoms with Gasteiger partial charge in [0.2, 0.25) is 5.91 Å². The van der Waals surface area contributed by atoms with Crippen molar-refractivity contribution in [2.24, 2.45) is 0 Å². The zero-order chi connectivity index (χ0) is 22.1. The Morgan fingerprint density at radius 2 is 1.40 bits per heavy atom. The Balaban J connectivity index is 1.85. The van der Waals surface area contributed by atoms with E-state index in [1.54, 1.807) is 36.4 Å². The van der Waals surface area contributed by atoms with E-state index in [0.717, 1.165) is 23.7 Å². The van der Waals surface area contributed by atoms with Gasteiger partial charge in [-0.1, -0.05) is 48.8 Å². The van der Waals surface area contributed by atoms with Crippen molar-refractivity contribution in [3.63, 3.8) is 0 Å². The number of nitrogens with one attached hydrogen (secondary N) is 3. The number of imide groups is 1. The average molecular weight is 474 g/mol. The number of carbonyl (C=O) groups excluding carboxylic acids is 3. The van der Waals surface area contributed by atoms with Gasteiger partial charge in [0.05, 0.1) is 0 Å². The minimum absolute atomic E-state index is 0.00830. The first-order valence-corrected chi connectivity index (χ1v) is 11.0. The molecule has 160 valence electrons. The first-order chi connectivity index (χ1) is 14.2. The average Bonchev–Trinajstić information content (AvgIpc) is 2.69. The molecule has 0 unspecified atom stereocenters. The Morgan fingerprint density at radius 3 is 1.93 bits per heavy atom. The van der Waals surface area contributed by atoms with Crippen LogP contribution in [0.3, 0.4) is 0 Å². The number of amides is 4. The van der Waals surface area contributed by atoms with Crippen LogP contribution in [-0.2, 0) is 10.2 Å². The number of halogens is 1. The van der Waals surface area contributed by atoms with E-state index in [2.05, 4.69) is 52.7 Å². The number of urea groups is 1. The maximum atomic E-state index is 12.3. The summed E-state index contributed by atoms with van der Waals surface area (Å²) in [6.07, 6.45) is 2.24. The quantitative estimate of drug-likeness (QED) is 0.369. The molecule has 0 bridgehead atoms. The zero-order valence-electron chi connectivity index (χ0n) is 17.5. The van der Waals surface area contributed by atoms with Crippen LogP contribution in [-0.4, -0.2) is 23.2 Å². The number of benzene rings is 2. The van der Waals surface area contributed by atoms with E-state index < -0.39 is 11.9 Å². The molecule has 30 heavy (non-hydrogen) atoms. The molecule has 0 aliphatic rings. The number of hydrogen-bond donors (Lipinski definition) is 3. The minimum Gasteiger partial charge on any atom is -0.326 e. The topological polar surface area (TPSA) is 87.3 Å². The number of hydrogen-bond acceptors (Lipinski definition) is 3. The lowest BCUT2D eigenvalue weighted by atomic mass is 9.87. The fourth-order valence-electron chi connectivity index (χ4n) is 2.70. The van der Waals surface area contributed by atoms with Gasteiger partial charge in [0, 0.05) is 28.7 Å². The molecule has 6 nitrogen and oxygen atoms in total. The number of carbonyl (C=O) groups is 3. The second-order valence-corrected chi connectivity index (χ2v) is 8.80. The number of rotatable bonds is 7. The first kappa shape index (κ1) is 23.6. The molecule has 4 amide bonds. The van der Waals surface area contributed by atoms with Gasteiger partial charge < -0.3 is 10.6 Å². The summed E-state index contributed by atoms with van der Waals surface area (Å²) in [6, 6.07) is 13.3. The minimum atomic E-state index is -0.619. The largest absolute Gasteiger partial charge is 0.326 e. The van der Waals surface area contributed by atoms with E-state index in [1.165, 1.54) is 0 Å². The standard InChI is InChI=1S/C23H28BrN3O3/c1-23(2,3)17-9-7-16(8-10-17)21(29)27-22(30)26-19-13-11-18(12-14-19)25-20(28)6-4-5-15-24/h7-14H,4-6,15H2,1-3H3,(H,25,28)(H2,26,27,29,30). The van der Waals surface area contributed by atoms with Crippen LogP contribution in [0.5, 0.6) is 0 Å². The van der Waals surface area contributed by atoms with Crippen molar-refractivity contribution >= 4 is 45.2 Å².